The highest BCUT2D eigenvalue weighted by Gasteiger charge is 2.00. The van der Waals surface area contributed by atoms with Crippen LogP contribution in [-0.4, -0.2) is 19.0 Å². The van der Waals surface area contributed by atoms with Crippen LogP contribution in [0.4, 0.5) is 0 Å². The van der Waals surface area contributed by atoms with Gasteiger partial charge in [-0.1, -0.05) is 49.4 Å². The third-order valence-electron chi connectivity index (χ3n) is 3.09. The van der Waals surface area contributed by atoms with Crippen molar-refractivity contribution < 1.29 is 0 Å². The molecule has 20 heavy (non-hydrogen) atoms. The van der Waals surface area contributed by atoms with Gasteiger partial charge in [0.2, 0.25) is 0 Å². The molecular formula is C16H22IN3. The van der Waals surface area contributed by atoms with Gasteiger partial charge in [-0.05, 0) is 29.2 Å². The molecule has 0 atom stereocenters. The van der Waals surface area contributed by atoms with Crippen molar-refractivity contribution in [1.29, 1.82) is 0 Å². The maximum Gasteiger partial charge on any atom is 0.188 e. The summed E-state index contributed by atoms with van der Waals surface area (Å²) in [7, 11) is 0. The number of nitrogens with zero attached hydrogens (tertiary/aromatic N) is 1. The number of hydrogen-bond acceptors (Lipinski definition) is 1. The molecule has 0 aliphatic heterocycles. The molecule has 2 aromatic rings. The Kier molecular flexibility index (Phi) is 7.36. The first kappa shape index (κ1) is 16.8. The Labute approximate surface area is 137 Å². The quantitative estimate of drug-likeness (QED) is 0.473. The molecule has 0 heterocycles. The van der Waals surface area contributed by atoms with E-state index in [2.05, 4.69) is 59.7 Å². The summed E-state index contributed by atoms with van der Waals surface area (Å²) in [4.78, 5) is 4.22. The van der Waals surface area contributed by atoms with Crippen LogP contribution in [-0.2, 0) is 6.42 Å². The number of nitrogens with two attached hydrogens (primary N) is 1. The van der Waals surface area contributed by atoms with Gasteiger partial charge >= 0.3 is 0 Å². The van der Waals surface area contributed by atoms with E-state index in [1.807, 2.05) is 0 Å². The minimum absolute atomic E-state index is 0. The van der Waals surface area contributed by atoms with E-state index < -0.39 is 0 Å². The van der Waals surface area contributed by atoms with E-state index >= 15 is 0 Å². The van der Waals surface area contributed by atoms with Crippen LogP contribution in [0.15, 0.2) is 47.5 Å². The molecule has 0 spiro atoms. The predicted octanol–water partition coefficient (Wildman–Crippen LogP) is 3.31. The van der Waals surface area contributed by atoms with E-state index in [4.69, 9.17) is 5.73 Å². The average Bonchev–Trinajstić information content (AvgIpc) is 2.45. The second-order valence-corrected chi connectivity index (χ2v) is 4.58. The molecule has 4 heteroatoms. The summed E-state index contributed by atoms with van der Waals surface area (Å²) in [6.07, 6.45) is 1.97. The smallest absolute Gasteiger partial charge is 0.188 e. The number of aliphatic imine (C=N–C) groups is 1. The summed E-state index contributed by atoms with van der Waals surface area (Å²) in [5, 5.41) is 5.76. The van der Waals surface area contributed by atoms with Gasteiger partial charge < -0.3 is 11.1 Å². The largest absolute Gasteiger partial charge is 0.370 e. The molecule has 0 saturated carbocycles. The highest BCUT2D eigenvalue weighted by molar-refractivity contribution is 14.0. The van der Waals surface area contributed by atoms with Gasteiger partial charge in [-0.15, -0.1) is 24.0 Å². The number of rotatable bonds is 5. The molecule has 2 aromatic carbocycles. The van der Waals surface area contributed by atoms with Crippen LogP contribution in [0.5, 0.6) is 0 Å². The monoisotopic (exact) mass is 383 g/mol. The lowest BCUT2D eigenvalue weighted by Gasteiger charge is -2.08. The van der Waals surface area contributed by atoms with Gasteiger partial charge in [-0.25, -0.2) is 0 Å². The fourth-order valence-corrected chi connectivity index (χ4v) is 2.12. The molecule has 0 bridgehead atoms. The van der Waals surface area contributed by atoms with Gasteiger partial charge in [-0.3, -0.25) is 4.99 Å². The maximum atomic E-state index is 5.78. The molecule has 0 amide bonds. The molecular weight excluding hydrogens is 361 g/mol. The second kappa shape index (κ2) is 8.79. The van der Waals surface area contributed by atoms with E-state index in [1.54, 1.807) is 0 Å². The lowest BCUT2D eigenvalue weighted by Crippen LogP contribution is -2.33. The maximum absolute atomic E-state index is 5.78. The Balaban J connectivity index is 0.00000200. The molecule has 0 aromatic heterocycles. The van der Waals surface area contributed by atoms with Crippen molar-refractivity contribution in [3.63, 3.8) is 0 Å². The van der Waals surface area contributed by atoms with Gasteiger partial charge in [0.05, 0.1) is 0 Å². The normalized spacial score (nSPS) is 11.2. The van der Waals surface area contributed by atoms with Crippen LogP contribution in [0.3, 0.4) is 0 Å². The van der Waals surface area contributed by atoms with Gasteiger partial charge in [0.15, 0.2) is 5.96 Å². The van der Waals surface area contributed by atoms with Crippen LogP contribution in [0.1, 0.15) is 18.9 Å². The molecule has 2 rings (SSSR count). The Hall–Kier alpha value is -1.30. The molecule has 108 valence electrons. The Morgan fingerprint density at radius 2 is 1.90 bits per heavy atom. The standard InChI is InChI=1S/C16H21N3.HI/c1-2-11-18-16(17)19-12-10-14-8-5-7-13-6-3-4-9-15(13)14;/h3-9H,2,10-12H2,1H3,(H3,17,18,19);1H. The van der Waals surface area contributed by atoms with Crippen molar-refractivity contribution in [1.82, 2.24) is 5.32 Å². The van der Waals surface area contributed by atoms with Crippen molar-refractivity contribution in [2.24, 2.45) is 10.7 Å². The van der Waals surface area contributed by atoms with E-state index in [0.717, 1.165) is 25.9 Å². The van der Waals surface area contributed by atoms with Crippen molar-refractivity contribution in [3.8, 4) is 0 Å². The van der Waals surface area contributed by atoms with Crippen LogP contribution < -0.4 is 11.1 Å². The van der Waals surface area contributed by atoms with Gasteiger partial charge in [0, 0.05) is 13.1 Å². The number of guanidine groups is 1. The van der Waals surface area contributed by atoms with E-state index in [9.17, 15) is 0 Å². The first-order chi connectivity index (χ1) is 9.31. The van der Waals surface area contributed by atoms with Gasteiger partial charge in [-0.2, -0.15) is 0 Å². The fourth-order valence-electron chi connectivity index (χ4n) is 2.12. The summed E-state index contributed by atoms with van der Waals surface area (Å²) in [5.41, 5.74) is 7.12. The van der Waals surface area contributed by atoms with Crippen LogP contribution in [0.2, 0.25) is 0 Å². The molecule has 0 fully saturated rings. The second-order valence-electron chi connectivity index (χ2n) is 4.58. The fraction of sp³-hybridized carbons (Fsp3) is 0.312. The molecule has 3 N–H and O–H groups in total. The summed E-state index contributed by atoms with van der Waals surface area (Å²) in [6, 6.07) is 14.9. The first-order valence-corrected chi connectivity index (χ1v) is 6.81. The average molecular weight is 383 g/mol. The van der Waals surface area contributed by atoms with Crippen molar-refractivity contribution in [2.45, 2.75) is 19.8 Å². The molecule has 0 unspecified atom stereocenters. The SMILES string of the molecule is CCCN=C(N)NCCc1cccc2ccccc12.I. The van der Waals surface area contributed by atoms with Crippen LogP contribution in [0.25, 0.3) is 10.8 Å². The minimum atomic E-state index is 0. The highest BCUT2D eigenvalue weighted by Crippen LogP contribution is 2.18. The number of nitrogens with one attached hydrogen (secondary N) is 1. The summed E-state index contributed by atoms with van der Waals surface area (Å²) in [5.74, 6) is 0.544. The van der Waals surface area contributed by atoms with Crippen LogP contribution >= 0.6 is 24.0 Å². The lowest BCUT2D eigenvalue weighted by atomic mass is 10.0. The molecule has 3 nitrogen and oxygen atoms in total. The minimum Gasteiger partial charge on any atom is -0.370 e. The zero-order chi connectivity index (χ0) is 13.5. The van der Waals surface area contributed by atoms with Gasteiger partial charge in [0.1, 0.15) is 0 Å². The number of hydrogen-bond donors (Lipinski definition) is 2. The topological polar surface area (TPSA) is 50.4 Å². The third kappa shape index (κ3) is 4.67. The third-order valence-corrected chi connectivity index (χ3v) is 3.09. The van der Waals surface area contributed by atoms with Crippen molar-refractivity contribution >= 4 is 40.7 Å². The van der Waals surface area contributed by atoms with Gasteiger partial charge in [0.25, 0.3) is 0 Å². The first-order valence-electron chi connectivity index (χ1n) is 6.81. The molecule has 0 radical (unpaired) electrons. The number of benzene rings is 2. The molecule has 0 aliphatic rings. The number of fused-ring (bicyclic) bond motifs is 1. The predicted molar refractivity (Wildman–Crippen MR) is 97.9 cm³/mol. The zero-order valence-electron chi connectivity index (χ0n) is 11.8. The number of halogens is 1. The summed E-state index contributed by atoms with van der Waals surface area (Å²) < 4.78 is 0. The zero-order valence-corrected chi connectivity index (χ0v) is 14.1. The highest BCUT2D eigenvalue weighted by atomic mass is 127. The lowest BCUT2D eigenvalue weighted by molar-refractivity contribution is 0.842. The summed E-state index contributed by atoms with van der Waals surface area (Å²) >= 11 is 0. The Bertz CT molecular complexity index is 561. The van der Waals surface area contributed by atoms with E-state index in [1.165, 1.54) is 16.3 Å². The Morgan fingerprint density at radius 1 is 1.15 bits per heavy atom. The Morgan fingerprint density at radius 3 is 2.70 bits per heavy atom. The summed E-state index contributed by atoms with van der Waals surface area (Å²) in [6.45, 7) is 3.69. The molecule has 0 aliphatic carbocycles. The molecule has 0 saturated heterocycles. The van der Waals surface area contributed by atoms with Crippen molar-refractivity contribution in [3.05, 3.63) is 48.0 Å². The van der Waals surface area contributed by atoms with E-state index in [-0.39, 0.29) is 24.0 Å². The van der Waals surface area contributed by atoms with Crippen LogP contribution in [0, 0.1) is 0 Å². The van der Waals surface area contributed by atoms with E-state index in [0.29, 0.717) is 5.96 Å². The van der Waals surface area contributed by atoms with Crippen molar-refractivity contribution in [2.75, 3.05) is 13.1 Å².